The van der Waals surface area contributed by atoms with Crippen LogP contribution in [0.15, 0.2) is 35.8 Å². The third kappa shape index (κ3) is 1.99. The molecular formula is C15H9FN2OS2. The molecule has 4 rings (SSSR count). The summed E-state index contributed by atoms with van der Waals surface area (Å²) in [6.07, 6.45) is 0. The lowest BCUT2D eigenvalue weighted by Crippen LogP contribution is -1.85. The summed E-state index contributed by atoms with van der Waals surface area (Å²) in [7, 11) is 1.62. The van der Waals surface area contributed by atoms with Gasteiger partial charge >= 0.3 is 0 Å². The number of methoxy groups -OCH3 is 1. The van der Waals surface area contributed by atoms with E-state index in [9.17, 15) is 4.39 Å². The summed E-state index contributed by atoms with van der Waals surface area (Å²) in [5, 5.41) is 0.755. The van der Waals surface area contributed by atoms with Gasteiger partial charge in [0.05, 0.1) is 27.5 Å². The average molecular weight is 316 g/mol. The number of thiazole rings is 2. The maximum absolute atomic E-state index is 13.8. The van der Waals surface area contributed by atoms with Crippen molar-refractivity contribution < 1.29 is 9.13 Å². The van der Waals surface area contributed by atoms with Crippen LogP contribution >= 0.6 is 22.7 Å². The maximum Gasteiger partial charge on any atom is 0.145 e. The fraction of sp³-hybridized carbons (Fsp3) is 0.0667. The Balaban J connectivity index is 2.02. The van der Waals surface area contributed by atoms with Gasteiger partial charge in [0.1, 0.15) is 22.1 Å². The van der Waals surface area contributed by atoms with Crippen LogP contribution in [0.1, 0.15) is 0 Å². The van der Waals surface area contributed by atoms with Gasteiger partial charge in [0.2, 0.25) is 0 Å². The van der Waals surface area contributed by atoms with E-state index in [1.165, 1.54) is 34.8 Å². The van der Waals surface area contributed by atoms with Crippen LogP contribution in [0.25, 0.3) is 31.0 Å². The molecule has 0 fully saturated rings. The van der Waals surface area contributed by atoms with E-state index in [1.54, 1.807) is 12.6 Å². The number of halogens is 1. The minimum Gasteiger partial charge on any atom is -0.494 e. The lowest BCUT2D eigenvalue weighted by molar-refractivity contribution is 0.419. The minimum atomic E-state index is -0.270. The number of benzene rings is 2. The highest BCUT2D eigenvalue weighted by atomic mass is 32.1. The van der Waals surface area contributed by atoms with Gasteiger partial charge in [0.15, 0.2) is 0 Å². The number of nitrogens with zero attached hydrogens (tertiary/aromatic N) is 2. The SMILES string of the molecule is COc1cccc2sc(-c3cc(F)cc4scnc34)nc12. The molecular weight excluding hydrogens is 307 g/mol. The number of aromatic nitrogens is 2. The number of ether oxygens (including phenoxy) is 1. The van der Waals surface area contributed by atoms with Crippen molar-refractivity contribution >= 4 is 43.1 Å². The second-order valence-electron chi connectivity index (χ2n) is 4.48. The van der Waals surface area contributed by atoms with Crippen LogP contribution < -0.4 is 4.74 Å². The van der Waals surface area contributed by atoms with E-state index in [4.69, 9.17) is 4.74 Å². The number of hydrogen-bond donors (Lipinski definition) is 0. The predicted molar refractivity (Wildman–Crippen MR) is 84.7 cm³/mol. The normalized spacial score (nSPS) is 11.3. The second kappa shape index (κ2) is 4.75. The third-order valence-electron chi connectivity index (χ3n) is 3.23. The Labute approximate surface area is 127 Å². The molecule has 0 aliphatic heterocycles. The first-order valence-corrected chi connectivity index (χ1v) is 7.92. The van der Waals surface area contributed by atoms with Crippen molar-refractivity contribution in [1.82, 2.24) is 9.97 Å². The summed E-state index contributed by atoms with van der Waals surface area (Å²) in [5.41, 5.74) is 4.04. The second-order valence-corrected chi connectivity index (χ2v) is 6.40. The standard InChI is InChI=1S/C15H9FN2OS2/c1-19-10-3-2-4-11-14(10)18-15(21-11)9-5-8(16)6-12-13(9)17-7-20-12/h2-7H,1H3. The molecule has 0 radical (unpaired) electrons. The first-order chi connectivity index (χ1) is 10.3. The molecule has 6 heteroatoms. The van der Waals surface area contributed by atoms with Gasteiger partial charge < -0.3 is 4.74 Å². The van der Waals surface area contributed by atoms with E-state index in [-0.39, 0.29) is 5.82 Å². The zero-order valence-corrected chi connectivity index (χ0v) is 12.6. The van der Waals surface area contributed by atoms with Gasteiger partial charge in [-0.3, -0.25) is 0 Å². The van der Waals surface area contributed by atoms with Crippen LogP contribution in [0.4, 0.5) is 4.39 Å². The highest BCUT2D eigenvalue weighted by Crippen LogP contribution is 2.38. The Morgan fingerprint density at radius 2 is 2.05 bits per heavy atom. The van der Waals surface area contributed by atoms with Crippen molar-refractivity contribution in [2.45, 2.75) is 0 Å². The van der Waals surface area contributed by atoms with Gasteiger partial charge in [-0.1, -0.05) is 6.07 Å². The van der Waals surface area contributed by atoms with Gasteiger partial charge in [0, 0.05) is 5.56 Å². The first kappa shape index (κ1) is 12.7. The summed E-state index contributed by atoms with van der Waals surface area (Å²) in [5.74, 6) is 0.453. The fourth-order valence-corrected chi connectivity index (χ4v) is 4.03. The van der Waals surface area contributed by atoms with Gasteiger partial charge in [-0.25, -0.2) is 14.4 Å². The van der Waals surface area contributed by atoms with Crippen molar-refractivity contribution in [3.8, 4) is 16.3 Å². The monoisotopic (exact) mass is 316 g/mol. The molecule has 0 spiro atoms. The van der Waals surface area contributed by atoms with Crippen LogP contribution in [0.2, 0.25) is 0 Å². The summed E-state index contributed by atoms with van der Waals surface area (Å²) >= 11 is 2.94. The van der Waals surface area contributed by atoms with Crippen molar-refractivity contribution in [2.75, 3.05) is 7.11 Å². The molecule has 4 aromatic rings. The topological polar surface area (TPSA) is 35.0 Å². The molecule has 0 amide bonds. The minimum absolute atomic E-state index is 0.270. The van der Waals surface area contributed by atoms with Gasteiger partial charge in [-0.2, -0.15) is 0 Å². The highest BCUT2D eigenvalue weighted by molar-refractivity contribution is 7.22. The molecule has 0 unspecified atom stereocenters. The third-order valence-corrected chi connectivity index (χ3v) is 5.06. The van der Waals surface area contributed by atoms with E-state index in [0.717, 1.165) is 36.8 Å². The fourth-order valence-electron chi connectivity index (χ4n) is 2.30. The van der Waals surface area contributed by atoms with E-state index < -0.39 is 0 Å². The Hall–Kier alpha value is -2.05. The molecule has 2 heterocycles. The van der Waals surface area contributed by atoms with Crippen molar-refractivity contribution in [2.24, 2.45) is 0 Å². The van der Waals surface area contributed by atoms with Crippen LogP contribution in [0.3, 0.4) is 0 Å². The molecule has 0 atom stereocenters. The Kier molecular flexibility index (Phi) is 2.87. The average Bonchev–Trinajstić information content (AvgIpc) is 3.11. The summed E-state index contributed by atoms with van der Waals surface area (Å²) in [6.45, 7) is 0. The molecule has 0 saturated heterocycles. The molecule has 0 saturated carbocycles. The van der Waals surface area contributed by atoms with E-state index in [1.807, 2.05) is 18.2 Å². The molecule has 104 valence electrons. The van der Waals surface area contributed by atoms with Gasteiger partial charge in [0.25, 0.3) is 0 Å². The molecule has 2 aromatic carbocycles. The summed E-state index contributed by atoms with van der Waals surface area (Å²) in [6, 6.07) is 8.77. The van der Waals surface area contributed by atoms with Crippen molar-refractivity contribution in [1.29, 1.82) is 0 Å². The van der Waals surface area contributed by atoms with E-state index >= 15 is 0 Å². The van der Waals surface area contributed by atoms with Gasteiger partial charge in [-0.15, -0.1) is 22.7 Å². The lowest BCUT2D eigenvalue weighted by Gasteiger charge is -1.99. The maximum atomic E-state index is 13.8. The largest absolute Gasteiger partial charge is 0.494 e. The smallest absolute Gasteiger partial charge is 0.145 e. The molecule has 21 heavy (non-hydrogen) atoms. The van der Waals surface area contributed by atoms with Crippen LogP contribution in [0.5, 0.6) is 5.75 Å². The molecule has 0 aliphatic rings. The summed E-state index contributed by atoms with van der Waals surface area (Å²) < 4.78 is 21.0. The molecule has 2 aromatic heterocycles. The van der Waals surface area contributed by atoms with Gasteiger partial charge in [-0.05, 0) is 24.3 Å². The lowest BCUT2D eigenvalue weighted by atomic mass is 10.2. The number of para-hydroxylation sites is 1. The van der Waals surface area contributed by atoms with Crippen LogP contribution in [-0.4, -0.2) is 17.1 Å². The summed E-state index contributed by atoms with van der Waals surface area (Å²) in [4.78, 5) is 8.95. The number of hydrogen-bond acceptors (Lipinski definition) is 5. The molecule has 0 aliphatic carbocycles. The van der Waals surface area contributed by atoms with Crippen LogP contribution in [0, 0.1) is 5.82 Å². The number of fused-ring (bicyclic) bond motifs is 2. The van der Waals surface area contributed by atoms with Crippen LogP contribution in [-0.2, 0) is 0 Å². The quantitative estimate of drug-likeness (QED) is 0.537. The zero-order chi connectivity index (χ0) is 14.4. The van der Waals surface area contributed by atoms with E-state index in [2.05, 4.69) is 9.97 Å². The Morgan fingerprint density at radius 3 is 2.90 bits per heavy atom. The Bertz CT molecular complexity index is 961. The Morgan fingerprint density at radius 1 is 1.14 bits per heavy atom. The van der Waals surface area contributed by atoms with Crippen molar-refractivity contribution in [3.05, 3.63) is 41.7 Å². The highest BCUT2D eigenvalue weighted by Gasteiger charge is 2.15. The number of rotatable bonds is 2. The molecule has 3 nitrogen and oxygen atoms in total. The molecule has 0 N–H and O–H groups in total. The predicted octanol–water partition coefficient (Wildman–Crippen LogP) is 4.72. The van der Waals surface area contributed by atoms with Crippen molar-refractivity contribution in [3.63, 3.8) is 0 Å². The van der Waals surface area contributed by atoms with E-state index in [0.29, 0.717) is 0 Å². The molecule has 0 bridgehead atoms. The zero-order valence-electron chi connectivity index (χ0n) is 11.0. The first-order valence-electron chi connectivity index (χ1n) is 6.23.